The molecule has 22 heavy (non-hydrogen) atoms. The summed E-state index contributed by atoms with van der Waals surface area (Å²) < 4.78 is 0. The van der Waals surface area contributed by atoms with E-state index in [1.807, 2.05) is 12.1 Å². The molecule has 2 aliphatic heterocycles. The van der Waals surface area contributed by atoms with Gasteiger partial charge in [0.1, 0.15) is 11.6 Å². The van der Waals surface area contributed by atoms with Crippen LogP contribution in [0.15, 0.2) is 53.9 Å². The van der Waals surface area contributed by atoms with Crippen molar-refractivity contribution in [2.45, 2.75) is 26.2 Å². The molecule has 3 nitrogen and oxygen atoms in total. The van der Waals surface area contributed by atoms with Crippen molar-refractivity contribution in [3.8, 4) is 5.75 Å². The average Bonchev–Trinajstić information content (AvgIpc) is 2.49. The topological polar surface area (TPSA) is 35.5 Å². The van der Waals surface area contributed by atoms with Crippen molar-refractivity contribution in [3.05, 3.63) is 65.0 Å². The number of nitrogens with zero attached hydrogens (tertiary/aromatic N) is 1. The van der Waals surface area contributed by atoms with Crippen LogP contribution in [0, 0.1) is 0 Å². The predicted octanol–water partition coefficient (Wildman–Crippen LogP) is 4.00. The molecule has 0 aromatic heterocycles. The van der Waals surface area contributed by atoms with Gasteiger partial charge in [0.2, 0.25) is 0 Å². The van der Waals surface area contributed by atoms with Crippen LogP contribution < -0.4 is 10.2 Å². The Labute approximate surface area is 130 Å². The van der Waals surface area contributed by atoms with Gasteiger partial charge in [-0.15, -0.1) is 0 Å². The van der Waals surface area contributed by atoms with Crippen LogP contribution in [0.1, 0.15) is 31.9 Å². The molecular formula is C19H20N2O. The number of rotatable bonds is 1. The highest BCUT2D eigenvalue weighted by Gasteiger charge is 2.38. The van der Waals surface area contributed by atoms with Gasteiger partial charge in [0, 0.05) is 18.0 Å². The Morgan fingerprint density at radius 3 is 2.45 bits per heavy atom. The molecule has 3 heteroatoms. The van der Waals surface area contributed by atoms with Gasteiger partial charge in [0.25, 0.3) is 0 Å². The molecule has 0 saturated heterocycles. The quantitative estimate of drug-likeness (QED) is 0.834. The number of para-hydroxylation sites is 1. The molecule has 2 heterocycles. The summed E-state index contributed by atoms with van der Waals surface area (Å²) in [5.41, 5.74) is 6.04. The number of anilines is 2. The molecule has 0 radical (unpaired) electrons. The smallest absolute Gasteiger partial charge is 0.117 e. The number of nitrogens with one attached hydrogen (secondary N) is 1. The van der Waals surface area contributed by atoms with E-state index >= 15 is 0 Å². The van der Waals surface area contributed by atoms with E-state index in [1.165, 1.54) is 22.4 Å². The largest absolute Gasteiger partial charge is 0.508 e. The Balaban J connectivity index is 2.05. The van der Waals surface area contributed by atoms with E-state index in [1.54, 1.807) is 6.07 Å². The molecule has 2 aromatic rings. The van der Waals surface area contributed by atoms with Gasteiger partial charge in [-0.1, -0.05) is 38.1 Å². The Kier molecular flexibility index (Phi) is 2.59. The molecule has 112 valence electrons. The summed E-state index contributed by atoms with van der Waals surface area (Å²) in [7, 11) is 0. The van der Waals surface area contributed by atoms with Crippen LogP contribution in [-0.4, -0.2) is 11.7 Å². The van der Waals surface area contributed by atoms with Crippen LogP contribution in [0.5, 0.6) is 5.75 Å². The van der Waals surface area contributed by atoms with Gasteiger partial charge in [0.05, 0.1) is 11.4 Å². The second kappa shape index (κ2) is 4.29. The fourth-order valence-electron chi connectivity index (χ4n) is 3.56. The zero-order chi connectivity index (χ0) is 15.5. The normalized spacial score (nSPS) is 18.2. The first-order valence-electron chi connectivity index (χ1n) is 7.67. The first-order valence-corrected chi connectivity index (χ1v) is 7.67. The Morgan fingerprint density at radius 2 is 1.77 bits per heavy atom. The van der Waals surface area contributed by atoms with Crippen LogP contribution in [0.4, 0.5) is 11.4 Å². The molecule has 4 rings (SSSR count). The summed E-state index contributed by atoms with van der Waals surface area (Å²) in [5.74, 6) is 1.44. The van der Waals surface area contributed by atoms with Crippen molar-refractivity contribution >= 4 is 11.4 Å². The molecule has 0 spiro atoms. The van der Waals surface area contributed by atoms with Crippen LogP contribution >= 0.6 is 0 Å². The average molecular weight is 292 g/mol. The first kappa shape index (κ1) is 13.3. The molecule has 0 bridgehead atoms. The SMILES string of the molecule is CC1=C(N2c3ccccc3C(C)(C)c3ccc(O)cc32)NC1. The third-order valence-corrected chi connectivity index (χ3v) is 4.86. The van der Waals surface area contributed by atoms with Crippen molar-refractivity contribution in [2.24, 2.45) is 0 Å². The summed E-state index contributed by atoms with van der Waals surface area (Å²) in [6.45, 7) is 7.56. The van der Waals surface area contributed by atoms with Gasteiger partial charge in [-0.2, -0.15) is 0 Å². The van der Waals surface area contributed by atoms with Gasteiger partial charge in [0.15, 0.2) is 0 Å². The van der Waals surface area contributed by atoms with Crippen LogP contribution in [0.25, 0.3) is 0 Å². The highest BCUT2D eigenvalue weighted by atomic mass is 16.3. The van der Waals surface area contributed by atoms with Crippen LogP contribution in [0.2, 0.25) is 0 Å². The number of aromatic hydroxyl groups is 1. The lowest BCUT2D eigenvalue weighted by molar-refractivity contribution is 0.474. The number of hydrogen-bond acceptors (Lipinski definition) is 3. The maximum atomic E-state index is 10.00. The van der Waals surface area contributed by atoms with Crippen molar-refractivity contribution in [1.29, 1.82) is 0 Å². The van der Waals surface area contributed by atoms with Crippen molar-refractivity contribution in [3.63, 3.8) is 0 Å². The van der Waals surface area contributed by atoms with E-state index in [0.29, 0.717) is 5.75 Å². The van der Waals surface area contributed by atoms with Crippen LogP contribution in [-0.2, 0) is 5.41 Å². The molecular weight excluding hydrogens is 272 g/mol. The van der Waals surface area contributed by atoms with E-state index < -0.39 is 0 Å². The zero-order valence-corrected chi connectivity index (χ0v) is 13.1. The van der Waals surface area contributed by atoms with Crippen molar-refractivity contribution in [1.82, 2.24) is 5.32 Å². The molecule has 0 atom stereocenters. The van der Waals surface area contributed by atoms with Gasteiger partial charge in [-0.3, -0.25) is 4.90 Å². The second-order valence-electron chi connectivity index (χ2n) is 6.66. The van der Waals surface area contributed by atoms with E-state index in [-0.39, 0.29) is 5.41 Å². The third-order valence-electron chi connectivity index (χ3n) is 4.86. The lowest BCUT2D eigenvalue weighted by Gasteiger charge is -2.45. The lowest BCUT2D eigenvalue weighted by Crippen LogP contribution is -2.42. The van der Waals surface area contributed by atoms with Gasteiger partial charge >= 0.3 is 0 Å². The summed E-state index contributed by atoms with van der Waals surface area (Å²) >= 11 is 0. The monoisotopic (exact) mass is 292 g/mol. The van der Waals surface area contributed by atoms with Crippen LogP contribution in [0.3, 0.4) is 0 Å². The molecule has 0 fully saturated rings. The van der Waals surface area contributed by atoms with Gasteiger partial charge < -0.3 is 10.4 Å². The predicted molar refractivity (Wildman–Crippen MR) is 89.5 cm³/mol. The Hall–Kier alpha value is -2.42. The summed E-state index contributed by atoms with van der Waals surface area (Å²) in [5, 5.41) is 13.4. The molecule has 2 aromatic carbocycles. The number of benzene rings is 2. The molecule has 0 amide bonds. The molecule has 0 aliphatic carbocycles. The summed E-state index contributed by atoms with van der Waals surface area (Å²) in [6, 6.07) is 14.2. The number of phenolic OH excluding ortho intramolecular Hbond substituents is 1. The highest BCUT2D eigenvalue weighted by Crippen LogP contribution is 2.51. The maximum absolute atomic E-state index is 10.00. The number of phenols is 1. The maximum Gasteiger partial charge on any atom is 0.117 e. The summed E-state index contributed by atoms with van der Waals surface area (Å²) in [4.78, 5) is 2.24. The fourth-order valence-corrected chi connectivity index (χ4v) is 3.56. The Morgan fingerprint density at radius 1 is 1.05 bits per heavy atom. The minimum atomic E-state index is -0.0889. The fraction of sp³-hybridized carbons (Fsp3) is 0.263. The molecule has 2 aliphatic rings. The molecule has 0 unspecified atom stereocenters. The van der Waals surface area contributed by atoms with E-state index in [2.05, 4.69) is 55.3 Å². The zero-order valence-electron chi connectivity index (χ0n) is 13.1. The second-order valence-corrected chi connectivity index (χ2v) is 6.66. The van der Waals surface area contributed by atoms with Crippen molar-refractivity contribution < 1.29 is 5.11 Å². The number of fused-ring (bicyclic) bond motifs is 2. The molecule has 2 N–H and O–H groups in total. The van der Waals surface area contributed by atoms with Crippen molar-refractivity contribution in [2.75, 3.05) is 11.4 Å². The summed E-state index contributed by atoms with van der Waals surface area (Å²) in [6.07, 6.45) is 0. The van der Waals surface area contributed by atoms with E-state index in [9.17, 15) is 5.11 Å². The third kappa shape index (κ3) is 1.62. The molecule has 0 saturated carbocycles. The van der Waals surface area contributed by atoms with E-state index in [0.717, 1.165) is 18.1 Å². The van der Waals surface area contributed by atoms with E-state index in [4.69, 9.17) is 0 Å². The van der Waals surface area contributed by atoms with Gasteiger partial charge in [-0.05, 0) is 35.8 Å². The number of hydrogen-bond donors (Lipinski definition) is 2. The highest BCUT2D eigenvalue weighted by molar-refractivity contribution is 5.82. The minimum Gasteiger partial charge on any atom is -0.508 e. The lowest BCUT2D eigenvalue weighted by atomic mass is 9.73. The standard InChI is InChI=1S/C19H20N2O/c1-12-11-20-18(12)21-16-7-5-4-6-14(16)19(2,3)15-9-8-13(22)10-17(15)21/h4-10,20,22H,11H2,1-3H3. The Bertz CT molecular complexity index is 805. The minimum absolute atomic E-state index is 0.0889. The first-order chi connectivity index (χ1) is 10.5. The van der Waals surface area contributed by atoms with Gasteiger partial charge in [-0.25, -0.2) is 0 Å².